The number of alkyl carbamates (subject to hydrolysis) is 1. The van der Waals surface area contributed by atoms with E-state index in [1.165, 1.54) is 0 Å². The lowest BCUT2D eigenvalue weighted by atomic mass is 10.0. The maximum absolute atomic E-state index is 12.1. The van der Waals surface area contributed by atoms with Crippen LogP contribution in [0, 0.1) is 6.92 Å². The average Bonchev–Trinajstić information content (AvgIpc) is 2.63. The molecule has 0 aromatic carbocycles. The molecule has 6 heteroatoms. The number of hydrogen-bond donors (Lipinski definition) is 2. The van der Waals surface area contributed by atoms with Crippen molar-refractivity contribution in [2.24, 2.45) is 7.05 Å². The highest BCUT2D eigenvalue weighted by atomic mass is 16.6. The number of ether oxygens (including phenoxy) is 1. The molecule has 0 aliphatic carbocycles. The third-order valence-corrected chi connectivity index (χ3v) is 3.39. The third-order valence-electron chi connectivity index (χ3n) is 3.39. The van der Waals surface area contributed by atoms with E-state index in [4.69, 9.17) is 4.74 Å². The van der Waals surface area contributed by atoms with Crippen LogP contribution in [0.5, 0.6) is 0 Å². The maximum atomic E-state index is 12.1. The van der Waals surface area contributed by atoms with Crippen molar-refractivity contribution in [1.82, 2.24) is 15.2 Å². The van der Waals surface area contributed by atoms with Gasteiger partial charge in [0.15, 0.2) is 0 Å². The molecule has 6 nitrogen and oxygen atoms in total. The van der Waals surface area contributed by atoms with Gasteiger partial charge in [0, 0.05) is 30.4 Å². The van der Waals surface area contributed by atoms with Gasteiger partial charge >= 0.3 is 6.09 Å². The number of rotatable bonds is 5. The highest BCUT2D eigenvalue weighted by molar-refractivity contribution is 5.78. The van der Waals surface area contributed by atoms with Gasteiger partial charge in [0.1, 0.15) is 5.60 Å². The molecule has 0 unspecified atom stereocenters. The predicted octanol–water partition coefficient (Wildman–Crippen LogP) is 2.64. The first-order valence-corrected chi connectivity index (χ1v) is 7.79. The van der Waals surface area contributed by atoms with Crippen LogP contribution in [0.2, 0.25) is 0 Å². The Kier molecular flexibility index (Phi) is 5.86. The molecule has 23 heavy (non-hydrogen) atoms. The fourth-order valence-electron chi connectivity index (χ4n) is 2.12. The molecule has 0 aliphatic heterocycles. The zero-order chi connectivity index (χ0) is 17.8. The third kappa shape index (κ3) is 6.76. The quantitative estimate of drug-likeness (QED) is 0.875. The van der Waals surface area contributed by atoms with Crippen molar-refractivity contribution in [3.63, 3.8) is 0 Å². The summed E-state index contributed by atoms with van der Waals surface area (Å²) in [5.74, 6) is -0.120. The lowest BCUT2D eigenvalue weighted by molar-refractivity contribution is -0.122. The van der Waals surface area contributed by atoms with Crippen LogP contribution in [-0.4, -0.2) is 27.7 Å². The van der Waals surface area contributed by atoms with E-state index in [0.717, 1.165) is 11.4 Å². The summed E-state index contributed by atoms with van der Waals surface area (Å²) in [4.78, 5) is 23.9. The molecular formula is C17H29N3O3. The largest absolute Gasteiger partial charge is 0.444 e. The molecule has 0 bridgehead atoms. The van der Waals surface area contributed by atoms with Crippen LogP contribution in [0.1, 0.15) is 52.4 Å². The molecule has 0 spiro atoms. The summed E-state index contributed by atoms with van der Waals surface area (Å²) < 4.78 is 7.25. The summed E-state index contributed by atoms with van der Waals surface area (Å²) >= 11 is 0. The minimum absolute atomic E-state index is 0.120. The van der Waals surface area contributed by atoms with E-state index in [1.807, 2.05) is 30.7 Å². The SMILES string of the molecule is Cc1ccc(CNC(=O)CC(C)(C)NC(=O)OC(C)(C)C)n1C. The second-order valence-electron chi connectivity index (χ2n) is 7.49. The fraction of sp³-hybridized carbons (Fsp3) is 0.647. The lowest BCUT2D eigenvalue weighted by Gasteiger charge is -2.28. The van der Waals surface area contributed by atoms with E-state index in [1.54, 1.807) is 34.6 Å². The van der Waals surface area contributed by atoms with E-state index in [-0.39, 0.29) is 12.3 Å². The van der Waals surface area contributed by atoms with Gasteiger partial charge < -0.3 is 19.9 Å². The summed E-state index contributed by atoms with van der Waals surface area (Å²) in [6.45, 7) is 11.5. The zero-order valence-electron chi connectivity index (χ0n) is 15.2. The van der Waals surface area contributed by atoms with Gasteiger partial charge in [-0.05, 0) is 53.7 Å². The number of hydrogen-bond acceptors (Lipinski definition) is 3. The number of aromatic nitrogens is 1. The van der Waals surface area contributed by atoms with Gasteiger partial charge in [-0.15, -0.1) is 0 Å². The second kappa shape index (κ2) is 7.06. The molecule has 2 N–H and O–H groups in total. The molecule has 1 heterocycles. The summed E-state index contributed by atoms with van der Waals surface area (Å²) in [5, 5.41) is 5.61. The normalized spacial score (nSPS) is 12.0. The molecule has 1 rings (SSSR count). The topological polar surface area (TPSA) is 72.4 Å². The number of carbonyl (C=O) groups is 2. The number of carbonyl (C=O) groups excluding carboxylic acids is 2. The second-order valence-corrected chi connectivity index (χ2v) is 7.49. The van der Waals surface area contributed by atoms with Gasteiger partial charge in [-0.25, -0.2) is 4.79 Å². The molecule has 0 saturated heterocycles. The van der Waals surface area contributed by atoms with Crippen molar-refractivity contribution in [3.05, 3.63) is 23.5 Å². The smallest absolute Gasteiger partial charge is 0.408 e. The van der Waals surface area contributed by atoms with E-state index >= 15 is 0 Å². The first kappa shape index (κ1) is 19.1. The Hall–Kier alpha value is -1.98. The Morgan fingerprint density at radius 3 is 2.26 bits per heavy atom. The number of amides is 2. The van der Waals surface area contributed by atoms with Crippen molar-refractivity contribution in [1.29, 1.82) is 0 Å². The minimum Gasteiger partial charge on any atom is -0.444 e. The average molecular weight is 323 g/mol. The first-order chi connectivity index (χ1) is 10.4. The molecule has 0 saturated carbocycles. The van der Waals surface area contributed by atoms with E-state index < -0.39 is 17.2 Å². The molecular weight excluding hydrogens is 294 g/mol. The van der Waals surface area contributed by atoms with Crippen molar-refractivity contribution in [3.8, 4) is 0 Å². The van der Waals surface area contributed by atoms with E-state index in [2.05, 4.69) is 10.6 Å². The summed E-state index contributed by atoms with van der Waals surface area (Å²) in [5.41, 5.74) is 0.929. The van der Waals surface area contributed by atoms with Crippen LogP contribution in [0.25, 0.3) is 0 Å². The Labute approximate surface area is 138 Å². The number of nitrogens with one attached hydrogen (secondary N) is 2. The Balaban J connectivity index is 2.48. The van der Waals surface area contributed by atoms with Crippen molar-refractivity contribution < 1.29 is 14.3 Å². The molecule has 0 aliphatic rings. The van der Waals surface area contributed by atoms with Gasteiger partial charge in [-0.2, -0.15) is 0 Å². The van der Waals surface area contributed by atoms with Crippen LogP contribution >= 0.6 is 0 Å². The Morgan fingerprint density at radius 2 is 1.78 bits per heavy atom. The molecule has 1 aromatic rings. The summed E-state index contributed by atoms with van der Waals surface area (Å²) in [7, 11) is 1.96. The molecule has 0 atom stereocenters. The monoisotopic (exact) mass is 323 g/mol. The van der Waals surface area contributed by atoms with Gasteiger partial charge in [-0.3, -0.25) is 4.79 Å². The Bertz CT molecular complexity index is 568. The van der Waals surface area contributed by atoms with Gasteiger partial charge in [0.25, 0.3) is 0 Å². The van der Waals surface area contributed by atoms with Crippen molar-refractivity contribution in [2.45, 2.75) is 65.6 Å². The highest BCUT2D eigenvalue weighted by Gasteiger charge is 2.27. The van der Waals surface area contributed by atoms with Crippen LogP contribution in [0.15, 0.2) is 12.1 Å². The van der Waals surface area contributed by atoms with Gasteiger partial charge in [0.2, 0.25) is 5.91 Å². The molecule has 0 fully saturated rings. The van der Waals surface area contributed by atoms with Crippen LogP contribution in [0.3, 0.4) is 0 Å². The van der Waals surface area contributed by atoms with Crippen LogP contribution in [0.4, 0.5) is 4.79 Å². The lowest BCUT2D eigenvalue weighted by Crippen LogP contribution is -2.48. The van der Waals surface area contributed by atoms with Crippen LogP contribution < -0.4 is 10.6 Å². The van der Waals surface area contributed by atoms with Crippen molar-refractivity contribution >= 4 is 12.0 Å². The van der Waals surface area contributed by atoms with Crippen LogP contribution in [-0.2, 0) is 23.1 Å². The fourth-order valence-corrected chi connectivity index (χ4v) is 2.12. The molecule has 130 valence electrons. The molecule has 1 aromatic heterocycles. The van der Waals surface area contributed by atoms with E-state index in [9.17, 15) is 9.59 Å². The summed E-state index contributed by atoms with van der Waals surface area (Å²) in [6.07, 6.45) is -0.344. The van der Waals surface area contributed by atoms with Gasteiger partial charge in [-0.1, -0.05) is 0 Å². The maximum Gasteiger partial charge on any atom is 0.408 e. The predicted molar refractivity (Wildman–Crippen MR) is 90.1 cm³/mol. The van der Waals surface area contributed by atoms with Gasteiger partial charge in [0.05, 0.1) is 6.54 Å². The number of nitrogens with zero attached hydrogens (tertiary/aromatic N) is 1. The van der Waals surface area contributed by atoms with Crippen molar-refractivity contribution in [2.75, 3.05) is 0 Å². The Morgan fingerprint density at radius 1 is 1.17 bits per heavy atom. The minimum atomic E-state index is -0.684. The molecule has 2 amide bonds. The van der Waals surface area contributed by atoms with E-state index in [0.29, 0.717) is 6.54 Å². The molecule has 0 radical (unpaired) electrons. The standard InChI is InChI=1S/C17H29N3O3/c1-12-8-9-13(20(12)7)11-18-14(21)10-17(5,6)19-15(22)23-16(2,3)4/h8-9H,10-11H2,1-7H3,(H,18,21)(H,19,22). The number of aryl methyl sites for hydroxylation is 1. The first-order valence-electron chi connectivity index (χ1n) is 7.79. The zero-order valence-corrected chi connectivity index (χ0v) is 15.2. The highest BCUT2D eigenvalue weighted by Crippen LogP contribution is 2.12. The summed E-state index contributed by atoms with van der Waals surface area (Å²) in [6, 6.07) is 4.00.